The van der Waals surface area contributed by atoms with Crippen molar-refractivity contribution < 1.29 is 17.9 Å². The third-order valence-corrected chi connectivity index (χ3v) is 6.39. The summed E-state index contributed by atoms with van der Waals surface area (Å²) in [6.45, 7) is 5.40. The van der Waals surface area contributed by atoms with Gasteiger partial charge in [0.05, 0.1) is 34.4 Å². The number of nitrogens with two attached hydrogens (primary N) is 1. The van der Waals surface area contributed by atoms with Crippen LogP contribution < -0.4 is 21.2 Å². The van der Waals surface area contributed by atoms with E-state index in [-0.39, 0.29) is 51.3 Å². The van der Waals surface area contributed by atoms with Crippen molar-refractivity contribution in [1.29, 1.82) is 5.41 Å². The zero-order chi connectivity index (χ0) is 29.3. The van der Waals surface area contributed by atoms with Crippen LogP contribution in [0.2, 0.25) is 0 Å². The van der Waals surface area contributed by atoms with Gasteiger partial charge in [0.1, 0.15) is 46.7 Å². The number of hydrogen-bond acceptors (Lipinski definition) is 8. The first-order valence-corrected chi connectivity index (χ1v) is 12.9. The van der Waals surface area contributed by atoms with Gasteiger partial charge < -0.3 is 20.2 Å². The van der Waals surface area contributed by atoms with Crippen molar-refractivity contribution in [2.24, 2.45) is 0 Å². The number of nitrogen functional groups attached to an aromatic ring is 1. The minimum Gasteiger partial charge on any atom is -0.491 e. The average molecular weight is 556 g/mol. The van der Waals surface area contributed by atoms with Crippen LogP contribution >= 0.6 is 0 Å². The molecule has 4 N–H and O–H groups in total. The number of benzene rings is 3. The second-order valence-electron chi connectivity index (χ2n) is 9.71. The summed E-state index contributed by atoms with van der Waals surface area (Å²) in [5.41, 5.74) is 6.43. The molecular formula is C31H27F2N5O3. The van der Waals surface area contributed by atoms with Crippen LogP contribution in [-0.4, -0.2) is 21.8 Å². The minimum atomic E-state index is -0.730. The number of aromatic nitrogens is 2. The molecule has 3 aromatic carbocycles. The molecule has 8 nitrogen and oxygen atoms in total. The van der Waals surface area contributed by atoms with E-state index in [1.165, 1.54) is 42.7 Å². The van der Waals surface area contributed by atoms with E-state index >= 15 is 0 Å². The maximum Gasteiger partial charge on any atom is 0.200 e. The molecule has 1 unspecified atom stereocenters. The van der Waals surface area contributed by atoms with Crippen LogP contribution in [0.3, 0.4) is 0 Å². The molecule has 0 aliphatic rings. The van der Waals surface area contributed by atoms with Gasteiger partial charge in [0.25, 0.3) is 0 Å². The fourth-order valence-corrected chi connectivity index (χ4v) is 4.58. The summed E-state index contributed by atoms with van der Waals surface area (Å²) in [6, 6.07) is 15.8. The first-order chi connectivity index (χ1) is 19.6. The van der Waals surface area contributed by atoms with Gasteiger partial charge in [-0.1, -0.05) is 24.3 Å². The van der Waals surface area contributed by atoms with E-state index in [0.29, 0.717) is 22.3 Å². The van der Waals surface area contributed by atoms with Crippen LogP contribution in [0.5, 0.6) is 5.75 Å². The molecule has 0 amide bonds. The van der Waals surface area contributed by atoms with E-state index in [0.717, 1.165) is 0 Å². The molecule has 10 heteroatoms. The van der Waals surface area contributed by atoms with Gasteiger partial charge in [-0.05, 0) is 68.8 Å². The summed E-state index contributed by atoms with van der Waals surface area (Å²) in [5.74, 6) is -0.497. The highest BCUT2D eigenvalue weighted by atomic mass is 19.1. The van der Waals surface area contributed by atoms with E-state index in [1.54, 1.807) is 37.3 Å². The van der Waals surface area contributed by atoms with Crippen LogP contribution in [0, 0.1) is 17.0 Å². The zero-order valence-electron chi connectivity index (χ0n) is 22.5. The molecule has 0 saturated carbocycles. The summed E-state index contributed by atoms with van der Waals surface area (Å²) in [6.07, 6.45) is 1.05. The molecule has 2 aromatic heterocycles. The number of fused-ring (bicyclic) bond motifs is 1. The maximum absolute atomic E-state index is 14.9. The van der Waals surface area contributed by atoms with Gasteiger partial charge in [0, 0.05) is 5.56 Å². The van der Waals surface area contributed by atoms with Crippen LogP contribution in [0.4, 0.5) is 20.4 Å². The van der Waals surface area contributed by atoms with Crippen LogP contribution in [0.15, 0.2) is 82.3 Å². The predicted octanol–water partition coefficient (Wildman–Crippen LogP) is 6.49. The van der Waals surface area contributed by atoms with E-state index in [1.807, 2.05) is 13.8 Å². The highest BCUT2D eigenvalue weighted by Crippen LogP contribution is 2.33. The molecule has 5 rings (SSSR count). The second-order valence-corrected chi connectivity index (χ2v) is 9.71. The van der Waals surface area contributed by atoms with Crippen molar-refractivity contribution in [3.8, 4) is 16.9 Å². The number of rotatable bonds is 8. The van der Waals surface area contributed by atoms with Crippen LogP contribution in [0.1, 0.15) is 43.7 Å². The molecule has 0 radical (unpaired) electrons. The van der Waals surface area contributed by atoms with Crippen LogP contribution in [-0.2, 0) is 0 Å². The summed E-state index contributed by atoms with van der Waals surface area (Å²) in [7, 11) is 0. The fourth-order valence-electron chi connectivity index (χ4n) is 4.58. The normalized spacial score (nSPS) is 12.0. The quantitative estimate of drug-likeness (QED) is 0.187. The molecule has 0 aliphatic heterocycles. The Labute approximate surface area is 234 Å². The lowest BCUT2D eigenvalue weighted by molar-refractivity contribution is 0.242. The van der Waals surface area contributed by atoms with E-state index in [9.17, 15) is 13.6 Å². The Morgan fingerprint density at radius 2 is 1.80 bits per heavy atom. The number of para-hydroxylation sites is 1. The Morgan fingerprint density at radius 3 is 2.56 bits per heavy atom. The number of hydrogen-bond donors (Lipinski definition) is 3. The summed E-state index contributed by atoms with van der Waals surface area (Å²) in [4.78, 5) is 21.9. The Hall–Kier alpha value is -5.12. The third kappa shape index (κ3) is 5.49. The SMILES string of the molecule is CC(C)Oc1ccc(F)c(C(=N)c2c(N)ncnc2NC(C)c2oc3ccccc3c(=O)c2-c2cccc(F)c2)c1. The lowest BCUT2D eigenvalue weighted by atomic mass is 9.98. The molecule has 0 fully saturated rings. The summed E-state index contributed by atoms with van der Waals surface area (Å²) < 4.78 is 41.0. The Bertz CT molecular complexity index is 1840. The molecule has 208 valence electrons. The van der Waals surface area contributed by atoms with E-state index in [4.69, 9.17) is 20.3 Å². The van der Waals surface area contributed by atoms with E-state index in [2.05, 4.69) is 15.3 Å². The Morgan fingerprint density at radius 1 is 1.02 bits per heavy atom. The van der Waals surface area contributed by atoms with Gasteiger partial charge in [-0.2, -0.15) is 0 Å². The fraction of sp³-hybridized carbons (Fsp3) is 0.161. The molecule has 41 heavy (non-hydrogen) atoms. The monoisotopic (exact) mass is 555 g/mol. The number of nitrogens with one attached hydrogen (secondary N) is 2. The molecular weight excluding hydrogens is 528 g/mol. The Kier molecular flexibility index (Phi) is 7.47. The lowest BCUT2D eigenvalue weighted by Crippen LogP contribution is -2.19. The summed E-state index contributed by atoms with van der Waals surface area (Å²) in [5, 5.41) is 12.3. The lowest BCUT2D eigenvalue weighted by Gasteiger charge is -2.20. The predicted molar refractivity (Wildman–Crippen MR) is 154 cm³/mol. The number of halogens is 2. The third-order valence-electron chi connectivity index (χ3n) is 6.39. The van der Waals surface area contributed by atoms with Crippen LogP contribution in [0.25, 0.3) is 22.1 Å². The maximum atomic E-state index is 14.9. The molecule has 5 aromatic rings. The molecule has 0 spiro atoms. The van der Waals surface area contributed by atoms with Crippen molar-refractivity contribution >= 4 is 28.3 Å². The van der Waals surface area contributed by atoms with Gasteiger partial charge in [-0.15, -0.1) is 0 Å². The van der Waals surface area contributed by atoms with Gasteiger partial charge in [0.15, 0.2) is 0 Å². The van der Waals surface area contributed by atoms with Crippen molar-refractivity contribution in [3.05, 3.63) is 112 Å². The standard InChI is InChI=1S/C31H27F2N5O3/c1-16(2)40-20-11-12-23(33)22(14-20)27(34)26-30(35)36-15-37-31(26)38-17(3)29-25(18-7-6-8-19(32)13-18)28(39)21-9-4-5-10-24(21)41-29/h4-17,34H,1-3H3,(H3,35,36,37,38). The van der Waals surface area contributed by atoms with Gasteiger partial charge >= 0.3 is 0 Å². The average Bonchev–Trinajstić information content (AvgIpc) is 2.93. The first-order valence-electron chi connectivity index (χ1n) is 12.9. The molecule has 1 atom stereocenters. The molecule has 2 heterocycles. The zero-order valence-corrected chi connectivity index (χ0v) is 22.5. The van der Waals surface area contributed by atoms with Crippen molar-refractivity contribution in [1.82, 2.24) is 9.97 Å². The number of anilines is 2. The van der Waals surface area contributed by atoms with E-state index < -0.39 is 17.7 Å². The van der Waals surface area contributed by atoms with Gasteiger partial charge in [-0.3, -0.25) is 10.2 Å². The second kappa shape index (κ2) is 11.2. The van der Waals surface area contributed by atoms with Gasteiger partial charge in [0.2, 0.25) is 5.43 Å². The summed E-state index contributed by atoms with van der Waals surface area (Å²) >= 11 is 0. The molecule has 0 bridgehead atoms. The molecule has 0 aliphatic carbocycles. The van der Waals surface area contributed by atoms with Crippen molar-refractivity contribution in [2.75, 3.05) is 11.1 Å². The highest BCUT2D eigenvalue weighted by Gasteiger charge is 2.25. The molecule has 0 saturated heterocycles. The Balaban J connectivity index is 1.61. The number of nitrogens with zero attached hydrogens (tertiary/aromatic N) is 2. The minimum absolute atomic E-state index is 0.0513. The number of ether oxygens (including phenoxy) is 1. The first kappa shape index (κ1) is 27.4. The van der Waals surface area contributed by atoms with Crippen molar-refractivity contribution in [2.45, 2.75) is 32.9 Å². The van der Waals surface area contributed by atoms with Gasteiger partial charge in [-0.25, -0.2) is 18.7 Å². The topological polar surface area (TPSA) is 127 Å². The highest BCUT2D eigenvalue weighted by molar-refractivity contribution is 6.16. The van der Waals surface area contributed by atoms with Crippen molar-refractivity contribution in [3.63, 3.8) is 0 Å². The largest absolute Gasteiger partial charge is 0.491 e. The smallest absolute Gasteiger partial charge is 0.200 e.